The molecule has 5 aromatic rings. The van der Waals surface area contributed by atoms with E-state index >= 15 is 0 Å². The molecule has 1 aliphatic heterocycles. The Balaban J connectivity index is 1.00. The third-order valence-electron chi connectivity index (χ3n) is 5.89. The van der Waals surface area contributed by atoms with Crippen LogP contribution in [0.1, 0.15) is 12.3 Å². The predicted molar refractivity (Wildman–Crippen MR) is 131 cm³/mol. The zero-order valence-corrected chi connectivity index (χ0v) is 19.9. The summed E-state index contributed by atoms with van der Waals surface area (Å²) in [6, 6.07) is 10.4. The molecule has 5 heterocycles. The minimum absolute atomic E-state index is 0.248. The Labute approximate surface area is 203 Å². The summed E-state index contributed by atoms with van der Waals surface area (Å²) in [6.07, 6.45) is 3.68. The normalized spacial score (nSPS) is 14.9. The molecular formula is C23H22FN7OS2. The van der Waals surface area contributed by atoms with Gasteiger partial charge < -0.3 is 9.42 Å². The van der Waals surface area contributed by atoms with Gasteiger partial charge in [0.15, 0.2) is 0 Å². The first kappa shape index (κ1) is 21.4. The van der Waals surface area contributed by atoms with E-state index in [1.54, 1.807) is 34.8 Å². The van der Waals surface area contributed by atoms with Crippen molar-refractivity contribution in [2.45, 2.75) is 12.8 Å². The number of nitrogens with zero attached hydrogens (tertiary/aromatic N) is 7. The molecule has 11 heteroatoms. The molecule has 1 aromatic carbocycles. The highest BCUT2D eigenvalue weighted by Crippen LogP contribution is 2.27. The smallest absolute Gasteiger partial charge is 0.227 e. The van der Waals surface area contributed by atoms with Gasteiger partial charge in [-0.25, -0.2) is 13.9 Å². The summed E-state index contributed by atoms with van der Waals surface area (Å²) in [6.45, 7) is 4.86. The van der Waals surface area contributed by atoms with Crippen LogP contribution in [0.15, 0.2) is 52.5 Å². The molecule has 34 heavy (non-hydrogen) atoms. The van der Waals surface area contributed by atoms with Gasteiger partial charge in [0.1, 0.15) is 5.82 Å². The highest BCUT2D eigenvalue weighted by atomic mass is 32.1. The topological polar surface area (TPSA) is 75.6 Å². The van der Waals surface area contributed by atoms with Crippen molar-refractivity contribution in [2.75, 3.05) is 37.6 Å². The molecule has 0 bridgehead atoms. The number of hydrogen-bond donors (Lipinski definition) is 0. The molecule has 0 unspecified atom stereocenters. The zero-order valence-electron chi connectivity index (χ0n) is 18.3. The Bertz CT molecular complexity index is 1340. The Hall–Kier alpha value is -3.15. The molecule has 0 saturated carbocycles. The lowest BCUT2D eigenvalue weighted by molar-refractivity contribution is 0.250. The zero-order chi connectivity index (χ0) is 22.9. The van der Waals surface area contributed by atoms with Crippen molar-refractivity contribution in [3.63, 3.8) is 0 Å². The van der Waals surface area contributed by atoms with Crippen molar-refractivity contribution in [3.8, 4) is 22.0 Å². The van der Waals surface area contributed by atoms with Crippen LogP contribution in [0.25, 0.3) is 26.9 Å². The monoisotopic (exact) mass is 495 g/mol. The van der Waals surface area contributed by atoms with Gasteiger partial charge in [0.2, 0.25) is 21.8 Å². The molecule has 1 aliphatic rings. The van der Waals surface area contributed by atoms with Gasteiger partial charge in [-0.05, 0) is 48.7 Å². The molecular weight excluding hydrogens is 473 g/mol. The number of fused-ring (bicyclic) bond motifs is 1. The van der Waals surface area contributed by atoms with Crippen molar-refractivity contribution in [1.82, 2.24) is 29.6 Å². The largest absolute Gasteiger partial charge is 0.344 e. The van der Waals surface area contributed by atoms with Crippen LogP contribution in [0.2, 0.25) is 0 Å². The van der Waals surface area contributed by atoms with E-state index in [2.05, 4.69) is 24.9 Å². The fraction of sp³-hybridized carbons (Fsp3) is 0.304. The fourth-order valence-corrected chi connectivity index (χ4v) is 5.64. The number of piperazine rings is 1. The first-order valence-corrected chi connectivity index (χ1v) is 12.9. The lowest BCUT2D eigenvalue weighted by atomic mass is 10.2. The third-order valence-corrected chi connectivity index (χ3v) is 7.74. The number of aryl methyl sites for hydroxylation is 1. The molecule has 8 nitrogen and oxygen atoms in total. The predicted octanol–water partition coefficient (Wildman–Crippen LogP) is 4.46. The van der Waals surface area contributed by atoms with Crippen LogP contribution < -0.4 is 4.90 Å². The molecule has 0 radical (unpaired) electrons. The minimum Gasteiger partial charge on any atom is -0.344 e. The first-order valence-electron chi connectivity index (χ1n) is 11.2. The minimum atomic E-state index is -0.248. The van der Waals surface area contributed by atoms with Crippen molar-refractivity contribution in [2.24, 2.45) is 0 Å². The average molecular weight is 496 g/mol. The van der Waals surface area contributed by atoms with Gasteiger partial charge in [-0.2, -0.15) is 4.98 Å². The number of rotatable bonds is 7. The van der Waals surface area contributed by atoms with Gasteiger partial charge in [0.05, 0.1) is 16.8 Å². The van der Waals surface area contributed by atoms with E-state index in [1.165, 1.54) is 12.1 Å². The lowest BCUT2D eigenvalue weighted by Crippen LogP contribution is -2.46. The first-order chi connectivity index (χ1) is 16.7. The summed E-state index contributed by atoms with van der Waals surface area (Å²) in [4.78, 5) is 15.8. The number of halogens is 1. The summed E-state index contributed by atoms with van der Waals surface area (Å²) in [7, 11) is 0. The van der Waals surface area contributed by atoms with Crippen LogP contribution in [0.3, 0.4) is 0 Å². The number of imidazole rings is 1. The van der Waals surface area contributed by atoms with Gasteiger partial charge in [0.25, 0.3) is 0 Å². The quantitative estimate of drug-likeness (QED) is 0.330. The van der Waals surface area contributed by atoms with E-state index in [9.17, 15) is 4.39 Å². The number of anilines is 1. The van der Waals surface area contributed by atoms with Crippen molar-refractivity contribution in [1.29, 1.82) is 0 Å². The Morgan fingerprint density at radius 1 is 1.03 bits per heavy atom. The van der Waals surface area contributed by atoms with Gasteiger partial charge in [-0.1, -0.05) is 22.6 Å². The van der Waals surface area contributed by atoms with Gasteiger partial charge in [-0.3, -0.25) is 4.90 Å². The van der Waals surface area contributed by atoms with E-state index < -0.39 is 0 Å². The summed E-state index contributed by atoms with van der Waals surface area (Å²) in [5, 5.41) is 11.8. The highest BCUT2D eigenvalue weighted by molar-refractivity contribution is 7.20. The summed E-state index contributed by atoms with van der Waals surface area (Å²) < 4.78 is 20.4. The van der Waals surface area contributed by atoms with E-state index in [-0.39, 0.29) is 5.82 Å². The molecule has 1 saturated heterocycles. The summed E-state index contributed by atoms with van der Waals surface area (Å²) >= 11 is 3.20. The highest BCUT2D eigenvalue weighted by Gasteiger charge is 2.21. The molecule has 0 spiro atoms. The van der Waals surface area contributed by atoms with E-state index in [0.717, 1.165) is 71.8 Å². The maximum absolute atomic E-state index is 13.2. The number of thiophene rings is 1. The lowest BCUT2D eigenvalue weighted by Gasteiger charge is -2.34. The molecule has 6 rings (SSSR count). The second-order valence-corrected chi connectivity index (χ2v) is 10.0. The fourth-order valence-electron chi connectivity index (χ4n) is 4.06. The van der Waals surface area contributed by atoms with Crippen molar-refractivity contribution < 1.29 is 8.91 Å². The van der Waals surface area contributed by atoms with Crippen LogP contribution in [-0.2, 0) is 6.42 Å². The van der Waals surface area contributed by atoms with E-state index in [4.69, 9.17) is 9.62 Å². The molecule has 0 amide bonds. The molecule has 0 N–H and O–H groups in total. The molecule has 0 aliphatic carbocycles. The van der Waals surface area contributed by atoms with Crippen LogP contribution in [-0.4, -0.2) is 62.4 Å². The third kappa shape index (κ3) is 4.46. The maximum Gasteiger partial charge on any atom is 0.227 e. The standard InChI is InChI=1S/C23H22FN7OS2/c24-17-7-5-16(6-8-17)18-15-31-22(25-18)34-23(27-31)30-12-10-29(11-13-30)9-1-4-20-26-21(28-32-20)19-3-2-14-33-19/h2-3,5-8,14-15H,1,4,9-13H2. The van der Waals surface area contributed by atoms with Crippen LogP contribution >= 0.6 is 22.7 Å². The Morgan fingerprint density at radius 2 is 1.88 bits per heavy atom. The van der Waals surface area contributed by atoms with Gasteiger partial charge in [0, 0.05) is 38.2 Å². The molecule has 174 valence electrons. The Kier molecular flexibility index (Phi) is 5.81. The summed E-state index contributed by atoms with van der Waals surface area (Å²) in [5.74, 6) is 1.13. The summed E-state index contributed by atoms with van der Waals surface area (Å²) in [5.41, 5.74) is 1.69. The molecule has 4 aromatic heterocycles. The van der Waals surface area contributed by atoms with Crippen molar-refractivity contribution >= 4 is 32.8 Å². The molecule has 1 fully saturated rings. The average Bonchev–Trinajstić information content (AvgIpc) is 3.63. The van der Waals surface area contributed by atoms with Gasteiger partial charge >= 0.3 is 0 Å². The Morgan fingerprint density at radius 3 is 2.65 bits per heavy atom. The van der Waals surface area contributed by atoms with Crippen LogP contribution in [0.4, 0.5) is 9.52 Å². The van der Waals surface area contributed by atoms with Crippen LogP contribution in [0.5, 0.6) is 0 Å². The van der Waals surface area contributed by atoms with Crippen molar-refractivity contribution in [3.05, 3.63) is 59.7 Å². The SMILES string of the molecule is Fc1ccc(-c2cn3nc(N4CCN(CCCc5nc(-c6cccs6)no5)CC4)sc3n2)cc1. The maximum atomic E-state index is 13.2. The number of benzene rings is 1. The van der Waals surface area contributed by atoms with Gasteiger partial charge in [-0.15, -0.1) is 16.4 Å². The van der Waals surface area contributed by atoms with E-state index in [1.807, 2.05) is 28.2 Å². The second-order valence-electron chi connectivity index (χ2n) is 8.17. The van der Waals surface area contributed by atoms with E-state index in [0.29, 0.717) is 11.7 Å². The second kappa shape index (κ2) is 9.24. The number of hydrogen-bond acceptors (Lipinski definition) is 9. The number of aromatic nitrogens is 5. The van der Waals surface area contributed by atoms with Crippen LogP contribution in [0, 0.1) is 5.82 Å². The molecule has 0 atom stereocenters.